The highest BCUT2D eigenvalue weighted by Crippen LogP contribution is 2.57. The van der Waals surface area contributed by atoms with Crippen LogP contribution in [0.3, 0.4) is 0 Å². The summed E-state index contributed by atoms with van der Waals surface area (Å²) in [5.41, 5.74) is 7.64. The molecule has 2 aromatic carbocycles. The second-order valence-electron chi connectivity index (χ2n) is 8.63. The highest BCUT2D eigenvalue weighted by Gasteiger charge is 2.51. The van der Waals surface area contributed by atoms with Gasteiger partial charge in [-0.1, -0.05) is 35.4 Å². The van der Waals surface area contributed by atoms with Crippen LogP contribution in [-0.2, 0) is 31.1 Å². The molecule has 2 aromatic rings. The summed E-state index contributed by atoms with van der Waals surface area (Å²) in [5, 5.41) is 0. The lowest BCUT2D eigenvalue weighted by Gasteiger charge is -2.27. The van der Waals surface area contributed by atoms with Crippen molar-refractivity contribution in [3.8, 4) is 0 Å². The van der Waals surface area contributed by atoms with Crippen molar-refractivity contribution in [1.82, 2.24) is 0 Å². The third-order valence-corrected chi connectivity index (χ3v) is 6.81. The fourth-order valence-corrected chi connectivity index (χ4v) is 5.86. The zero-order valence-electron chi connectivity index (χ0n) is 18.6. The highest BCUT2D eigenvalue weighted by atomic mass is 32.2. The Bertz CT molecular complexity index is 907. The van der Waals surface area contributed by atoms with Crippen molar-refractivity contribution in [2.24, 2.45) is 11.8 Å². The molecule has 6 atom stereocenters. The van der Waals surface area contributed by atoms with Gasteiger partial charge in [0.2, 0.25) is 0 Å². The molecule has 0 amide bonds. The highest BCUT2D eigenvalue weighted by molar-refractivity contribution is 7.74. The summed E-state index contributed by atoms with van der Waals surface area (Å²) in [6.07, 6.45) is -0.786. The molecule has 1 aliphatic rings. The van der Waals surface area contributed by atoms with Crippen LogP contribution in [-0.4, -0.2) is 17.5 Å². The molecule has 170 valence electrons. The van der Waals surface area contributed by atoms with Crippen LogP contribution in [0.1, 0.15) is 63.1 Å². The lowest BCUT2D eigenvalue weighted by Crippen LogP contribution is -2.17. The van der Waals surface area contributed by atoms with E-state index in [1.165, 1.54) is 0 Å². The first-order valence-electron chi connectivity index (χ1n) is 10.2. The van der Waals surface area contributed by atoms with Crippen LogP contribution in [0.5, 0.6) is 0 Å². The van der Waals surface area contributed by atoms with E-state index >= 15 is 0 Å². The second-order valence-corrected chi connectivity index (χ2v) is 9.83. The maximum atomic E-state index is 11.5. The molecule has 1 fully saturated rings. The smallest absolute Gasteiger partial charge is 0.102 e. The molecule has 0 radical (unpaired) electrons. The predicted molar refractivity (Wildman–Crippen MR) is 118 cm³/mol. The Morgan fingerprint density at radius 3 is 1.26 bits per heavy atom. The van der Waals surface area contributed by atoms with E-state index in [0.29, 0.717) is 6.42 Å². The summed E-state index contributed by atoms with van der Waals surface area (Å²) in [4.78, 5) is 0. The zero-order valence-corrected chi connectivity index (χ0v) is 20.2. The van der Waals surface area contributed by atoms with Gasteiger partial charge in [0.25, 0.3) is 0 Å². The molecule has 8 heteroatoms. The topological polar surface area (TPSA) is 98.7 Å². The Labute approximate surface area is 189 Å². The molecule has 0 aromatic heterocycles. The first-order valence-corrected chi connectivity index (χ1v) is 12.2. The van der Waals surface area contributed by atoms with Crippen molar-refractivity contribution in [1.29, 1.82) is 0 Å². The van der Waals surface area contributed by atoms with Crippen molar-refractivity contribution >= 4 is 22.7 Å². The standard InChI is InChI=1S/C23H30O6S2/c1-12-7-14(3)20(15(4)8-12)22(28-30(24)25)18-11-19(18)23(29-31(26)27)21-16(5)9-13(2)10-17(21)6/h7-10,18-19,22-23H,11H2,1-6H3,(H,24,25)(H,26,27)/p-2. The van der Waals surface area contributed by atoms with Gasteiger partial charge >= 0.3 is 0 Å². The molecule has 6 unspecified atom stereocenters. The average Bonchev–Trinajstić information content (AvgIpc) is 3.38. The summed E-state index contributed by atoms with van der Waals surface area (Å²) in [6, 6.07) is 8.00. The fraction of sp³-hybridized carbons (Fsp3) is 0.478. The maximum Gasteiger partial charge on any atom is 0.102 e. The van der Waals surface area contributed by atoms with Crippen LogP contribution in [0.25, 0.3) is 0 Å². The van der Waals surface area contributed by atoms with Gasteiger partial charge in [-0.3, -0.25) is 8.37 Å². The molecule has 0 aliphatic heterocycles. The van der Waals surface area contributed by atoms with E-state index in [1.54, 1.807) is 0 Å². The Morgan fingerprint density at radius 2 is 1.00 bits per heavy atom. The molecule has 6 nitrogen and oxygen atoms in total. The van der Waals surface area contributed by atoms with Crippen molar-refractivity contribution in [3.05, 3.63) is 68.8 Å². The largest absolute Gasteiger partial charge is 0.750 e. The predicted octanol–water partition coefficient (Wildman–Crippen LogP) is 4.58. The molecule has 31 heavy (non-hydrogen) atoms. The number of hydrogen-bond donors (Lipinski definition) is 0. The molecule has 3 rings (SSSR count). The summed E-state index contributed by atoms with van der Waals surface area (Å²) < 4.78 is 56.8. The fourth-order valence-electron chi connectivity index (χ4n) is 5.05. The Morgan fingerprint density at radius 1 is 0.710 bits per heavy atom. The van der Waals surface area contributed by atoms with Crippen molar-refractivity contribution in [2.45, 2.75) is 60.2 Å². The van der Waals surface area contributed by atoms with Crippen LogP contribution in [0.4, 0.5) is 0 Å². The summed E-state index contributed by atoms with van der Waals surface area (Å²) in [6.45, 7) is 11.7. The molecule has 0 spiro atoms. The Kier molecular flexibility index (Phi) is 7.50. The van der Waals surface area contributed by atoms with Crippen molar-refractivity contribution in [3.63, 3.8) is 0 Å². The van der Waals surface area contributed by atoms with Crippen molar-refractivity contribution < 1.29 is 25.9 Å². The average molecular weight is 465 g/mol. The van der Waals surface area contributed by atoms with Gasteiger partial charge in [0.15, 0.2) is 0 Å². The number of aryl methyl sites for hydroxylation is 6. The van der Waals surface area contributed by atoms with Crippen LogP contribution >= 0.6 is 0 Å². The van der Waals surface area contributed by atoms with Gasteiger partial charge in [-0.25, -0.2) is 8.42 Å². The van der Waals surface area contributed by atoms with E-state index in [2.05, 4.69) is 0 Å². The van der Waals surface area contributed by atoms with E-state index in [4.69, 9.17) is 8.37 Å². The van der Waals surface area contributed by atoms with Gasteiger partial charge in [0.05, 0.1) is 22.7 Å². The Hall–Kier alpha value is -1.42. The second kappa shape index (κ2) is 9.60. The van der Waals surface area contributed by atoms with Gasteiger partial charge in [0, 0.05) is 0 Å². The minimum atomic E-state index is -2.71. The normalized spacial score (nSPS) is 22.1. The quantitative estimate of drug-likeness (QED) is 0.531. The first-order chi connectivity index (χ1) is 14.5. The molecule has 1 saturated carbocycles. The molecule has 0 saturated heterocycles. The SMILES string of the molecule is Cc1cc(C)c(C(OS(=O)[O-])C2CC2C(OS(=O)[O-])c2c(C)cc(C)cc2C)c(C)c1. The van der Waals surface area contributed by atoms with Gasteiger partial charge in [0.1, 0.15) is 12.2 Å². The maximum absolute atomic E-state index is 11.5. The van der Waals surface area contributed by atoms with E-state index in [9.17, 15) is 17.5 Å². The minimum Gasteiger partial charge on any atom is -0.750 e. The third-order valence-electron chi connectivity index (χ3n) is 6.08. The van der Waals surface area contributed by atoms with E-state index in [0.717, 1.165) is 44.5 Å². The molecular formula is C23H28O6S2-2. The molecule has 1 aliphatic carbocycles. The summed E-state index contributed by atoms with van der Waals surface area (Å²) in [5.74, 6) is -0.377. The minimum absolute atomic E-state index is 0.188. The summed E-state index contributed by atoms with van der Waals surface area (Å²) in [7, 11) is 0. The number of rotatable bonds is 8. The first kappa shape index (κ1) is 24.2. The number of benzene rings is 2. The van der Waals surface area contributed by atoms with Crippen LogP contribution in [0, 0.1) is 53.4 Å². The van der Waals surface area contributed by atoms with E-state index < -0.39 is 34.9 Å². The van der Waals surface area contributed by atoms with Gasteiger partial charge in [-0.05, 0) is 93.2 Å². The van der Waals surface area contributed by atoms with E-state index in [1.807, 2.05) is 65.8 Å². The van der Waals surface area contributed by atoms with Crippen LogP contribution in [0.2, 0.25) is 0 Å². The molecular weight excluding hydrogens is 436 g/mol. The lowest BCUT2D eigenvalue weighted by atomic mass is 9.89. The van der Waals surface area contributed by atoms with Crippen molar-refractivity contribution in [2.75, 3.05) is 0 Å². The molecule has 0 bridgehead atoms. The third kappa shape index (κ3) is 5.50. The zero-order chi connectivity index (χ0) is 23.0. The molecule has 0 N–H and O–H groups in total. The van der Waals surface area contributed by atoms with Gasteiger partial charge in [-0.2, -0.15) is 0 Å². The van der Waals surface area contributed by atoms with Gasteiger partial charge < -0.3 is 9.11 Å². The van der Waals surface area contributed by atoms with Gasteiger partial charge in [-0.15, -0.1) is 0 Å². The van der Waals surface area contributed by atoms with Crippen LogP contribution < -0.4 is 0 Å². The Balaban J connectivity index is 2.01. The summed E-state index contributed by atoms with van der Waals surface area (Å²) >= 11 is -5.41. The monoisotopic (exact) mass is 464 g/mol. The molecule has 0 heterocycles. The van der Waals surface area contributed by atoms with Crippen LogP contribution in [0.15, 0.2) is 24.3 Å². The number of hydrogen-bond acceptors (Lipinski definition) is 6. The van der Waals surface area contributed by atoms with E-state index in [-0.39, 0.29) is 11.8 Å². The lowest BCUT2D eigenvalue weighted by molar-refractivity contribution is 0.133.